The standard InChI is InChI=1S/C9H9ClN4O2/c10-9-12-11-7-1-2-8(13-14(7)9)16-6-3-4-15-5-6/h1-2,6H,3-5H2. The zero-order valence-electron chi connectivity index (χ0n) is 8.34. The molecule has 0 spiro atoms. The van der Waals surface area contributed by atoms with E-state index in [-0.39, 0.29) is 11.4 Å². The van der Waals surface area contributed by atoms with Gasteiger partial charge in [-0.05, 0) is 17.7 Å². The molecular formula is C9H9ClN4O2. The van der Waals surface area contributed by atoms with Crippen LogP contribution in [0.15, 0.2) is 12.1 Å². The van der Waals surface area contributed by atoms with Crippen molar-refractivity contribution in [3.05, 3.63) is 17.4 Å². The minimum Gasteiger partial charge on any atom is -0.471 e. The molecule has 1 aliphatic rings. The molecule has 1 fully saturated rings. The molecule has 3 heterocycles. The van der Waals surface area contributed by atoms with Crippen LogP contribution in [0, 0.1) is 0 Å². The van der Waals surface area contributed by atoms with Crippen LogP contribution in [-0.2, 0) is 4.74 Å². The maximum Gasteiger partial charge on any atom is 0.246 e. The van der Waals surface area contributed by atoms with E-state index >= 15 is 0 Å². The smallest absolute Gasteiger partial charge is 0.246 e. The van der Waals surface area contributed by atoms with Gasteiger partial charge in [-0.1, -0.05) is 0 Å². The lowest BCUT2D eigenvalue weighted by Gasteiger charge is -2.10. The lowest BCUT2D eigenvalue weighted by molar-refractivity contribution is 0.137. The Morgan fingerprint density at radius 3 is 3.19 bits per heavy atom. The van der Waals surface area contributed by atoms with Crippen LogP contribution in [0.4, 0.5) is 0 Å². The molecule has 1 unspecified atom stereocenters. The molecule has 0 bridgehead atoms. The van der Waals surface area contributed by atoms with E-state index in [1.807, 2.05) is 0 Å². The summed E-state index contributed by atoms with van der Waals surface area (Å²) in [4.78, 5) is 0. The molecule has 16 heavy (non-hydrogen) atoms. The minimum absolute atomic E-state index is 0.0696. The number of fused-ring (bicyclic) bond motifs is 1. The summed E-state index contributed by atoms with van der Waals surface area (Å²) in [5.41, 5.74) is 0.597. The van der Waals surface area contributed by atoms with Gasteiger partial charge in [-0.15, -0.1) is 15.3 Å². The largest absolute Gasteiger partial charge is 0.471 e. The summed E-state index contributed by atoms with van der Waals surface area (Å²) in [6.45, 7) is 1.34. The average Bonchev–Trinajstić information content (AvgIpc) is 2.90. The van der Waals surface area contributed by atoms with Crippen molar-refractivity contribution in [2.75, 3.05) is 13.2 Å². The van der Waals surface area contributed by atoms with E-state index in [4.69, 9.17) is 21.1 Å². The highest BCUT2D eigenvalue weighted by Crippen LogP contribution is 2.16. The fourth-order valence-corrected chi connectivity index (χ4v) is 1.75. The van der Waals surface area contributed by atoms with Crippen molar-refractivity contribution in [3.8, 4) is 5.88 Å². The molecule has 3 rings (SSSR count). The zero-order chi connectivity index (χ0) is 11.0. The molecule has 0 saturated carbocycles. The predicted octanol–water partition coefficient (Wildman–Crippen LogP) is 0.945. The van der Waals surface area contributed by atoms with Gasteiger partial charge in [-0.2, -0.15) is 4.52 Å². The first kappa shape index (κ1) is 9.80. The van der Waals surface area contributed by atoms with Crippen molar-refractivity contribution in [1.29, 1.82) is 0 Å². The monoisotopic (exact) mass is 240 g/mol. The van der Waals surface area contributed by atoms with Gasteiger partial charge in [0.25, 0.3) is 0 Å². The molecule has 6 nitrogen and oxygen atoms in total. The van der Waals surface area contributed by atoms with E-state index in [0.29, 0.717) is 18.1 Å². The highest BCUT2D eigenvalue weighted by molar-refractivity contribution is 6.28. The maximum absolute atomic E-state index is 5.81. The van der Waals surface area contributed by atoms with E-state index in [1.165, 1.54) is 4.52 Å². The molecule has 1 aliphatic heterocycles. The molecule has 84 valence electrons. The van der Waals surface area contributed by atoms with Gasteiger partial charge >= 0.3 is 0 Å². The second kappa shape index (κ2) is 3.88. The van der Waals surface area contributed by atoms with E-state index in [2.05, 4.69) is 15.3 Å². The minimum atomic E-state index is 0.0696. The molecule has 1 atom stereocenters. The number of hydrogen-bond donors (Lipinski definition) is 0. The van der Waals surface area contributed by atoms with Gasteiger partial charge in [-0.3, -0.25) is 0 Å². The van der Waals surface area contributed by atoms with Gasteiger partial charge < -0.3 is 9.47 Å². The maximum atomic E-state index is 5.81. The summed E-state index contributed by atoms with van der Waals surface area (Å²) >= 11 is 5.81. The molecule has 7 heteroatoms. The van der Waals surface area contributed by atoms with Crippen molar-refractivity contribution in [2.24, 2.45) is 0 Å². The van der Waals surface area contributed by atoms with Crippen LogP contribution >= 0.6 is 11.6 Å². The molecule has 0 aromatic carbocycles. The van der Waals surface area contributed by atoms with Crippen molar-refractivity contribution >= 4 is 17.2 Å². The highest BCUT2D eigenvalue weighted by atomic mass is 35.5. The third-order valence-electron chi connectivity index (χ3n) is 2.38. The summed E-state index contributed by atoms with van der Waals surface area (Å²) in [5, 5.41) is 11.9. The second-order valence-electron chi connectivity index (χ2n) is 3.51. The number of rotatable bonds is 2. The fourth-order valence-electron chi connectivity index (χ4n) is 1.59. The Balaban J connectivity index is 1.88. The van der Waals surface area contributed by atoms with Crippen LogP contribution in [0.2, 0.25) is 5.28 Å². The fraction of sp³-hybridized carbons (Fsp3) is 0.444. The lowest BCUT2D eigenvalue weighted by Crippen LogP contribution is -2.17. The van der Waals surface area contributed by atoms with Crippen molar-refractivity contribution in [2.45, 2.75) is 12.5 Å². The molecular weight excluding hydrogens is 232 g/mol. The van der Waals surface area contributed by atoms with Crippen molar-refractivity contribution in [1.82, 2.24) is 19.8 Å². The number of hydrogen-bond acceptors (Lipinski definition) is 5. The first-order valence-electron chi connectivity index (χ1n) is 4.95. The molecule has 2 aromatic rings. The first-order chi connectivity index (χ1) is 7.83. The summed E-state index contributed by atoms with van der Waals surface area (Å²) in [5.74, 6) is 0.504. The van der Waals surface area contributed by atoms with Gasteiger partial charge in [0, 0.05) is 12.5 Å². The van der Waals surface area contributed by atoms with Gasteiger partial charge in [0.15, 0.2) is 5.65 Å². The van der Waals surface area contributed by atoms with E-state index in [9.17, 15) is 0 Å². The predicted molar refractivity (Wildman–Crippen MR) is 55.6 cm³/mol. The summed E-state index contributed by atoms with van der Waals surface area (Å²) < 4.78 is 12.3. The average molecular weight is 241 g/mol. The lowest BCUT2D eigenvalue weighted by atomic mass is 10.3. The molecule has 2 aromatic heterocycles. The molecule has 1 saturated heterocycles. The van der Waals surface area contributed by atoms with E-state index < -0.39 is 0 Å². The highest BCUT2D eigenvalue weighted by Gasteiger charge is 2.18. The Morgan fingerprint density at radius 1 is 1.44 bits per heavy atom. The Labute approximate surface area is 96.1 Å². The van der Waals surface area contributed by atoms with Crippen molar-refractivity contribution in [3.63, 3.8) is 0 Å². The van der Waals surface area contributed by atoms with Crippen LogP contribution in [0.5, 0.6) is 5.88 Å². The van der Waals surface area contributed by atoms with E-state index in [1.54, 1.807) is 12.1 Å². The first-order valence-corrected chi connectivity index (χ1v) is 5.33. The Kier molecular flexibility index (Phi) is 2.37. The summed E-state index contributed by atoms with van der Waals surface area (Å²) in [6.07, 6.45) is 0.954. The van der Waals surface area contributed by atoms with Crippen LogP contribution in [0.25, 0.3) is 5.65 Å². The van der Waals surface area contributed by atoms with Gasteiger partial charge in [0.1, 0.15) is 6.10 Å². The van der Waals surface area contributed by atoms with Gasteiger partial charge in [0.05, 0.1) is 13.2 Å². The van der Waals surface area contributed by atoms with Gasteiger partial charge in [-0.25, -0.2) is 0 Å². The normalized spacial score (nSPS) is 20.4. The van der Waals surface area contributed by atoms with Crippen LogP contribution in [0.3, 0.4) is 0 Å². The molecule has 0 aliphatic carbocycles. The summed E-state index contributed by atoms with van der Waals surface area (Å²) in [6, 6.07) is 3.51. The van der Waals surface area contributed by atoms with Crippen LogP contribution in [-0.4, -0.2) is 39.1 Å². The second-order valence-corrected chi connectivity index (χ2v) is 3.85. The number of halogens is 1. The third kappa shape index (κ3) is 1.70. The third-order valence-corrected chi connectivity index (χ3v) is 2.61. The van der Waals surface area contributed by atoms with E-state index in [0.717, 1.165) is 13.0 Å². The number of aromatic nitrogens is 4. The number of ether oxygens (including phenoxy) is 2. The zero-order valence-corrected chi connectivity index (χ0v) is 9.09. The van der Waals surface area contributed by atoms with Gasteiger partial charge in [0.2, 0.25) is 11.2 Å². The molecule has 0 N–H and O–H groups in total. The molecule has 0 radical (unpaired) electrons. The number of nitrogens with zero attached hydrogens (tertiary/aromatic N) is 4. The Hall–Kier alpha value is -1.40. The Bertz CT molecular complexity index is 509. The van der Waals surface area contributed by atoms with Crippen LogP contribution in [0.1, 0.15) is 6.42 Å². The van der Waals surface area contributed by atoms with Crippen LogP contribution < -0.4 is 4.74 Å². The topological polar surface area (TPSA) is 61.5 Å². The summed E-state index contributed by atoms with van der Waals surface area (Å²) in [7, 11) is 0. The Morgan fingerprint density at radius 2 is 2.38 bits per heavy atom. The van der Waals surface area contributed by atoms with Crippen molar-refractivity contribution < 1.29 is 9.47 Å². The molecule has 0 amide bonds. The SMILES string of the molecule is Clc1nnc2ccc(OC3CCOC3)nn12. The quantitative estimate of drug-likeness (QED) is 0.782.